The van der Waals surface area contributed by atoms with Gasteiger partial charge in [0.05, 0.1) is 0 Å². The van der Waals surface area contributed by atoms with E-state index in [2.05, 4.69) is 26.1 Å². The summed E-state index contributed by atoms with van der Waals surface area (Å²) in [6.07, 6.45) is 1.96. The minimum atomic E-state index is 0.760. The molecule has 0 amide bonds. The third-order valence-electron chi connectivity index (χ3n) is 2.65. The van der Waals surface area contributed by atoms with Crippen LogP contribution in [0.1, 0.15) is 5.56 Å². The van der Waals surface area contributed by atoms with E-state index in [0.717, 1.165) is 31.6 Å². The Morgan fingerprint density at radius 3 is 2.95 bits per heavy atom. The van der Waals surface area contributed by atoms with Crippen LogP contribution in [0.4, 0.5) is 0 Å². The zero-order chi connectivity index (χ0) is 13.2. The number of benzene rings is 1. The van der Waals surface area contributed by atoms with Gasteiger partial charge >= 0.3 is 0 Å². The van der Waals surface area contributed by atoms with E-state index < -0.39 is 0 Å². The molecule has 0 saturated heterocycles. The van der Waals surface area contributed by atoms with E-state index in [-0.39, 0.29) is 0 Å². The average Bonchev–Trinajstić information content (AvgIpc) is 2.81. The fourth-order valence-electron chi connectivity index (χ4n) is 1.70. The lowest BCUT2D eigenvalue weighted by molar-refractivity contribution is 0.921. The van der Waals surface area contributed by atoms with Gasteiger partial charge in [-0.1, -0.05) is 51.4 Å². The van der Waals surface area contributed by atoms with Gasteiger partial charge in [0, 0.05) is 21.4 Å². The summed E-state index contributed by atoms with van der Waals surface area (Å²) in [5.41, 5.74) is 1.94. The lowest BCUT2D eigenvalue weighted by Gasteiger charge is -2.03. The van der Waals surface area contributed by atoms with Crippen molar-refractivity contribution in [1.82, 2.24) is 14.6 Å². The first-order chi connectivity index (χ1) is 9.24. The minimum Gasteiger partial charge on any atom is -0.277 e. The molecule has 6 heteroatoms. The van der Waals surface area contributed by atoms with Gasteiger partial charge in [0.15, 0.2) is 10.8 Å². The second kappa shape index (κ2) is 5.53. The number of hydrogen-bond donors (Lipinski definition) is 0. The van der Waals surface area contributed by atoms with Crippen molar-refractivity contribution in [3.8, 4) is 0 Å². The number of thioether (sulfide) groups is 1. The summed E-state index contributed by atoms with van der Waals surface area (Å²) in [5, 5.41) is 9.93. The molecule has 0 spiro atoms. The van der Waals surface area contributed by atoms with Crippen LogP contribution >= 0.6 is 39.3 Å². The van der Waals surface area contributed by atoms with Crippen molar-refractivity contribution >= 4 is 44.9 Å². The SMILES string of the molecule is Clc1cc(Br)ccc1CSc1nnc2ccccn12. The van der Waals surface area contributed by atoms with E-state index in [9.17, 15) is 0 Å². The minimum absolute atomic E-state index is 0.760. The Bertz CT molecular complexity index is 729. The van der Waals surface area contributed by atoms with Gasteiger partial charge in [-0.05, 0) is 29.8 Å². The molecule has 0 aliphatic rings. The van der Waals surface area contributed by atoms with Gasteiger partial charge in [0.2, 0.25) is 0 Å². The van der Waals surface area contributed by atoms with Crippen molar-refractivity contribution < 1.29 is 0 Å². The number of aromatic nitrogens is 3. The van der Waals surface area contributed by atoms with E-state index in [1.807, 2.05) is 47.0 Å². The normalized spacial score (nSPS) is 11.1. The van der Waals surface area contributed by atoms with Crippen LogP contribution in [0.15, 0.2) is 52.2 Å². The number of nitrogens with zero attached hydrogens (tertiary/aromatic N) is 3. The molecule has 3 rings (SSSR count). The highest BCUT2D eigenvalue weighted by Crippen LogP contribution is 2.28. The van der Waals surface area contributed by atoms with Crippen molar-refractivity contribution in [2.75, 3.05) is 0 Å². The van der Waals surface area contributed by atoms with Crippen molar-refractivity contribution in [3.63, 3.8) is 0 Å². The topological polar surface area (TPSA) is 30.2 Å². The Hall–Kier alpha value is -1.04. The third-order valence-corrected chi connectivity index (χ3v) is 4.49. The maximum absolute atomic E-state index is 6.20. The lowest BCUT2D eigenvalue weighted by atomic mass is 10.2. The average molecular weight is 355 g/mol. The van der Waals surface area contributed by atoms with Crippen LogP contribution in [0.2, 0.25) is 5.02 Å². The van der Waals surface area contributed by atoms with Gasteiger partial charge in [0.25, 0.3) is 0 Å². The summed E-state index contributed by atoms with van der Waals surface area (Å²) in [7, 11) is 0. The first kappa shape index (κ1) is 13.0. The third kappa shape index (κ3) is 2.78. The number of pyridine rings is 1. The van der Waals surface area contributed by atoms with Crippen LogP contribution in [-0.4, -0.2) is 14.6 Å². The highest BCUT2D eigenvalue weighted by molar-refractivity contribution is 9.10. The molecule has 0 fully saturated rings. The maximum atomic E-state index is 6.20. The van der Waals surface area contributed by atoms with Gasteiger partial charge < -0.3 is 0 Å². The van der Waals surface area contributed by atoms with Gasteiger partial charge in [-0.3, -0.25) is 4.40 Å². The summed E-state index contributed by atoms with van der Waals surface area (Å²) < 4.78 is 2.96. The van der Waals surface area contributed by atoms with Crippen molar-refractivity contribution in [3.05, 3.63) is 57.7 Å². The molecule has 1 aromatic carbocycles. The number of rotatable bonds is 3. The molecule has 0 aliphatic heterocycles. The molecule has 0 N–H and O–H groups in total. The van der Waals surface area contributed by atoms with Gasteiger partial charge in [-0.15, -0.1) is 10.2 Å². The molecule has 0 radical (unpaired) electrons. The van der Waals surface area contributed by atoms with E-state index in [1.165, 1.54) is 0 Å². The predicted octanol–water partition coefficient (Wildman–Crippen LogP) is 4.44. The summed E-state index contributed by atoms with van der Waals surface area (Å²) in [5.74, 6) is 0.766. The van der Waals surface area contributed by atoms with Gasteiger partial charge in [0.1, 0.15) is 0 Å². The first-order valence-corrected chi connectivity index (χ1v) is 7.76. The Labute approximate surface area is 128 Å². The van der Waals surface area contributed by atoms with Crippen molar-refractivity contribution in [1.29, 1.82) is 0 Å². The molecule has 0 aliphatic carbocycles. The molecule has 3 aromatic rings. The number of hydrogen-bond acceptors (Lipinski definition) is 3. The Morgan fingerprint density at radius 1 is 1.21 bits per heavy atom. The van der Waals surface area contributed by atoms with Crippen LogP contribution in [0.25, 0.3) is 5.65 Å². The molecule has 0 atom stereocenters. The Kier molecular flexibility index (Phi) is 3.77. The van der Waals surface area contributed by atoms with Crippen LogP contribution in [0.5, 0.6) is 0 Å². The van der Waals surface area contributed by atoms with Crippen LogP contribution in [0.3, 0.4) is 0 Å². The first-order valence-electron chi connectivity index (χ1n) is 5.60. The standard InChI is InChI=1S/C13H9BrClN3S/c14-10-5-4-9(11(15)7-10)8-19-13-17-16-12-3-1-2-6-18(12)13/h1-7H,8H2. The van der Waals surface area contributed by atoms with Crippen molar-refractivity contribution in [2.24, 2.45) is 0 Å². The summed E-state index contributed by atoms with van der Waals surface area (Å²) in [6, 6.07) is 11.8. The summed E-state index contributed by atoms with van der Waals surface area (Å²) in [4.78, 5) is 0. The molecular weight excluding hydrogens is 346 g/mol. The maximum Gasteiger partial charge on any atom is 0.195 e. The smallest absolute Gasteiger partial charge is 0.195 e. The van der Waals surface area contributed by atoms with E-state index in [0.29, 0.717) is 0 Å². The van der Waals surface area contributed by atoms with Gasteiger partial charge in [-0.2, -0.15) is 0 Å². The molecule has 0 unspecified atom stereocenters. The van der Waals surface area contributed by atoms with E-state index >= 15 is 0 Å². The molecule has 2 heterocycles. The largest absolute Gasteiger partial charge is 0.277 e. The molecule has 3 nitrogen and oxygen atoms in total. The van der Waals surface area contributed by atoms with Gasteiger partial charge in [-0.25, -0.2) is 0 Å². The van der Waals surface area contributed by atoms with E-state index in [4.69, 9.17) is 11.6 Å². The summed E-state index contributed by atoms with van der Waals surface area (Å²) >= 11 is 11.2. The second-order valence-electron chi connectivity index (χ2n) is 3.94. The molecule has 19 heavy (non-hydrogen) atoms. The molecule has 96 valence electrons. The number of fused-ring (bicyclic) bond motifs is 1. The lowest BCUT2D eigenvalue weighted by Crippen LogP contribution is -1.88. The van der Waals surface area contributed by atoms with Crippen LogP contribution in [-0.2, 0) is 5.75 Å². The molecule has 0 saturated carbocycles. The van der Waals surface area contributed by atoms with Crippen LogP contribution < -0.4 is 0 Å². The Morgan fingerprint density at radius 2 is 2.11 bits per heavy atom. The Balaban J connectivity index is 1.82. The molecule has 0 bridgehead atoms. The molecular formula is C13H9BrClN3S. The second-order valence-corrected chi connectivity index (χ2v) is 6.20. The number of halogens is 2. The zero-order valence-corrected chi connectivity index (χ0v) is 12.9. The van der Waals surface area contributed by atoms with Crippen LogP contribution in [0, 0.1) is 0 Å². The summed E-state index contributed by atoms with van der Waals surface area (Å²) in [6.45, 7) is 0. The fourth-order valence-corrected chi connectivity index (χ4v) is 3.45. The zero-order valence-electron chi connectivity index (χ0n) is 9.75. The highest BCUT2D eigenvalue weighted by atomic mass is 79.9. The quantitative estimate of drug-likeness (QED) is 0.651. The predicted molar refractivity (Wildman–Crippen MR) is 81.7 cm³/mol. The van der Waals surface area contributed by atoms with E-state index in [1.54, 1.807) is 11.8 Å². The monoisotopic (exact) mass is 353 g/mol. The van der Waals surface area contributed by atoms with Crippen molar-refractivity contribution in [2.45, 2.75) is 10.9 Å². The molecule has 2 aromatic heterocycles. The highest BCUT2D eigenvalue weighted by Gasteiger charge is 2.07. The fraction of sp³-hybridized carbons (Fsp3) is 0.0769.